The first-order valence-electron chi connectivity index (χ1n) is 6.28. The molecule has 0 radical (unpaired) electrons. The molecule has 2 unspecified atom stereocenters. The first kappa shape index (κ1) is 11.4. The zero-order valence-electron chi connectivity index (χ0n) is 10.4. The van der Waals surface area contributed by atoms with Crippen LogP contribution in [0.3, 0.4) is 0 Å². The lowest BCUT2D eigenvalue weighted by molar-refractivity contribution is 0.144. The number of aryl methyl sites for hydroxylation is 1. The van der Waals surface area contributed by atoms with Gasteiger partial charge in [-0.15, -0.1) is 0 Å². The first-order valence-corrected chi connectivity index (χ1v) is 6.28. The van der Waals surface area contributed by atoms with Crippen LogP contribution in [0.25, 0.3) is 0 Å². The van der Waals surface area contributed by atoms with Crippen LogP contribution in [0.4, 0.5) is 0 Å². The highest BCUT2D eigenvalue weighted by atomic mass is 16.3. The van der Waals surface area contributed by atoms with Gasteiger partial charge in [-0.25, -0.2) is 9.97 Å². The molecular formula is C15H16N2O. The highest BCUT2D eigenvalue weighted by Crippen LogP contribution is 2.40. The number of aromatic nitrogens is 2. The number of rotatable bonds is 3. The van der Waals surface area contributed by atoms with Crippen molar-refractivity contribution < 1.29 is 5.11 Å². The molecule has 0 amide bonds. The minimum Gasteiger partial charge on any atom is -0.385 e. The maximum atomic E-state index is 10.1. The highest BCUT2D eigenvalue weighted by Gasteiger charge is 2.28. The van der Waals surface area contributed by atoms with E-state index in [4.69, 9.17) is 0 Å². The molecule has 1 aliphatic carbocycles. The maximum absolute atomic E-state index is 10.1. The number of aliphatic hydroxyl groups is 1. The number of hydrogen-bond acceptors (Lipinski definition) is 3. The third-order valence-electron chi connectivity index (χ3n) is 3.57. The first-order chi connectivity index (χ1) is 8.74. The van der Waals surface area contributed by atoms with Crippen molar-refractivity contribution in [3.63, 3.8) is 0 Å². The van der Waals surface area contributed by atoms with E-state index < -0.39 is 6.10 Å². The van der Waals surface area contributed by atoms with Gasteiger partial charge in [0.1, 0.15) is 6.10 Å². The molecule has 0 saturated heterocycles. The molecule has 1 N–H and O–H groups in total. The normalized spacial score (nSPS) is 18.9. The second kappa shape index (κ2) is 4.50. The summed E-state index contributed by atoms with van der Waals surface area (Å²) < 4.78 is 0. The number of nitrogens with zero attached hydrogens (tertiary/aromatic N) is 2. The Morgan fingerprint density at radius 1 is 1.28 bits per heavy atom. The summed E-state index contributed by atoms with van der Waals surface area (Å²) in [5, 5.41) is 10.1. The topological polar surface area (TPSA) is 46.0 Å². The summed E-state index contributed by atoms with van der Waals surface area (Å²) in [7, 11) is 0. The zero-order chi connectivity index (χ0) is 12.5. The van der Waals surface area contributed by atoms with E-state index in [1.807, 2.05) is 6.92 Å². The van der Waals surface area contributed by atoms with Gasteiger partial charge in [0, 0.05) is 12.4 Å². The monoisotopic (exact) mass is 240 g/mol. The fourth-order valence-electron chi connectivity index (χ4n) is 2.52. The predicted octanol–water partition coefficient (Wildman–Crippen LogP) is 2.55. The molecule has 3 heteroatoms. The molecule has 1 heterocycles. The molecular weight excluding hydrogens is 224 g/mol. The van der Waals surface area contributed by atoms with Gasteiger partial charge >= 0.3 is 0 Å². The predicted molar refractivity (Wildman–Crippen MR) is 69.2 cm³/mol. The molecule has 1 aromatic heterocycles. The van der Waals surface area contributed by atoms with Crippen LogP contribution in [0.2, 0.25) is 0 Å². The van der Waals surface area contributed by atoms with Crippen LogP contribution in [0, 0.1) is 6.92 Å². The van der Waals surface area contributed by atoms with Crippen LogP contribution in [0.15, 0.2) is 36.7 Å². The van der Waals surface area contributed by atoms with Crippen molar-refractivity contribution in [2.75, 3.05) is 0 Å². The van der Waals surface area contributed by atoms with E-state index in [1.54, 1.807) is 12.4 Å². The Kier molecular flexibility index (Phi) is 2.84. The SMILES string of the molecule is Cc1cnc(C(O)CC2Cc3ccccc32)nc1. The molecule has 0 spiro atoms. The van der Waals surface area contributed by atoms with Crippen molar-refractivity contribution in [1.82, 2.24) is 9.97 Å². The Balaban J connectivity index is 1.70. The third kappa shape index (κ3) is 2.02. The summed E-state index contributed by atoms with van der Waals surface area (Å²) in [5.74, 6) is 0.978. The molecule has 0 bridgehead atoms. The molecule has 92 valence electrons. The summed E-state index contributed by atoms with van der Waals surface area (Å²) in [6.45, 7) is 1.94. The maximum Gasteiger partial charge on any atom is 0.156 e. The molecule has 0 aliphatic heterocycles. The molecule has 1 aromatic carbocycles. The quantitative estimate of drug-likeness (QED) is 0.896. The van der Waals surface area contributed by atoms with E-state index in [0.717, 1.165) is 12.0 Å². The van der Waals surface area contributed by atoms with E-state index >= 15 is 0 Å². The average molecular weight is 240 g/mol. The number of aliphatic hydroxyl groups excluding tert-OH is 1. The Morgan fingerprint density at radius 3 is 2.72 bits per heavy atom. The number of benzene rings is 1. The van der Waals surface area contributed by atoms with Crippen LogP contribution in [-0.2, 0) is 6.42 Å². The van der Waals surface area contributed by atoms with Gasteiger partial charge in [-0.05, 0) is 42.4 Å². The van der Waals surface area contributed by atoms with Gasteiger partial charge in [0.2, 0.25) is 0 Å². The van der Waals surface area contributed by atoms with Crippen molar-refractivity contribution >= 4 is 0 Å². The Morgan fingerprint density at radius 2 is 2.00 bits per heavy atom. The smallest absolute Gasteiger partial charge is 0.156 e. The fourth-order valence-corrected chi connectivity index (χ4v) is 2.52. The number of fused-ring (bicyclic) bond motifs is 1. The van der Waals surface area contributed by atoms with Gasteiger partial charge in [0.15, 0.2) is 5.82 Å². The molecule has 3 rings (SSSR count). The minimum atomic E-state index is -0.566. The van der Waals surface area contributed by atoms with Crippen molar-refractivity contribution in [2.45, 2.75) is 31.8 Å². The molecule has 2 atom stereocenters. The molecule has 0 saturated carbocycles. The summed E-state index contributed by atoms with van der Waals surface area (Å²) in [4.78, 5) is 8.37. The lowest BCUT2D eigenvalue weighted by atomic mass is 9.75. The summed E-state index contributed by atoms with van der Waals surface area (Å²) in [5.41, 5.74) is 3.78. The van der Waals surface area contributed by atoms with E-state index in [2.05, 4.69) is 34.2 Å². The van der Waals surface area contributed by atoms with E-state index in [9.17, 15) is 5.11 Å². The lowest BCUT2D eigenvalue weighted by Gasteiger charge is -2.31. The molecule has 18 heavy (non-hydrogen) atoms. The average Bonchev–Trinajstić information content (AvgIpc) is 2.36. The van der Waals surface area contributed by atoms with Gasteiger partial charge in [-0.2, -0.15) is 0 Å². The molecule has 2 aromatic rings. The molecule has 0 fully saturated rings. The minimum absolute atomic E-state index is 0.445. The Hall–Kier alpha value is -1.74. The highest BCUT2D eigenvalue weighted by molar-refractivity contribution is 5.39. The van der Waals surface area contributed by atoms with Gasteiger partial charge in [0.05, 0.1) is 0 Å². The second-order valence-electron chi connectivity index (χ2n) is 4.97. The third-order valence-corrected chi connectivity index (χ3v) is 3.57. The summed E-state index contributed by atoms with van der Waals surface area (Å²) >= 11 is 0. The molecule has 3 nitrogen and oxygen atoms in total. The Labute approximate surface area is 107 Å². The second-order valence-corrected chi connectivity index (χ2v) is 4.97. The van der Waals surface area contributed by atoms with Crippen LogP contribution >= 0.6 is 0 Å². The number of hydrogen-bond donors (Lipinski definition) is 1. The standard InChI is InChI=1S/C15H16N2O/c1-10-8-16-15(17-9-10)14(18)7-12-6-11-4-2-3-5-13(11)12/h2-5,8-9,12,14,18H,6-7H2,1H3. The lowest BCUT2D eigenvalue weighted by Crippen LogP contribution is -2.20. The van der Waals surface area contributed by atoms with Gasteiger partial charge < -0.3 is 5.11 Å². The van der Waals surface area contributed by atoms with Gasteiger partial charge in [-0.3, -0.25) is 0 Å². The summed E-state index contributed by atoms with van der Waals surface area (Å²) in [6, 6.07) is 8.42. The van der Waals surface area contributed by atoms with Gasteiger partial charge in [-0.1, -0.05) is 24.3 Å². The van der Waals surface area contributed by atoms with Crippen LogP contribution < -0.4 is 0 Å². The van der Waals surface area contributed by atoms with E-state index in [0.29, 0.717) is 18.2 Å². The van der Waals surface area contributed by atoms with Crippen LogP contribution in [0.5, 0.6) is 0 Å². The van der Waals surface area contributed by atoms with Crippen molar-refractivity contribution in [2.24, 2.45) is 0 Å². The largest absolute Gasteiger partial charge is 0.385 e. The van der Waals surface area contributed by atoms with Crippen LogP contribution in [-0.4, -0.2) is 15.1 Å². The van der Waals surface area contributed by atoms with Crippen LogP contribution in [0.1, 0.15) is 41.0 Å². The van der Waals surface area contributed by atoms with Crippen molar-refractivity contribution in [1.29, 1.82) is 0 Å². The van der Waals surface area contributed by atoms with Crippen molar-refractivity contribution in [3.05, 3.63) is 59.2 Å². The van der Waals surface area contributed by atoms with Crippen molar-refractivity contribution in [3.8, 4) is 0 Å². The summed E-state index contributed by atoms with van der Waals surface area (Å²) in [6.07, 6.45) is 4.70. The van der Waals surface area contributed by atoms with Gasteiger partial charge in [0.25, 0.3) is 0 Å². The Bertz CT molecular complexity index is 551. The fraction of sp³-hybridized carbons (Fsp3) is 0.333. The van der Waals surface area contributed by atoms with E-state index in [-0.39, 0.29) is 0 Å². The zero-order valence-corrected chi connectivity index (χ0v) is 10.4. The molecule has 1 aliphatic rings. The van der Waals surface area contributed by atoms with E-state index in [1.165, 1.54) is 11.1 Å².